The van der Waals surface area contributed by atoms with Gasteiger partial charge in [0, 0.05) is 64.1 Å². The van der Waals surface area contributed by atoms with E-state index in [1.165, 1.54) is 0 Å². The first-order valence-electron chi connectivity index (χ1n) is 9.46. The Hall–Kier alpha value is -2.54. The average molecular weight is 372 g/mol. The van der Waals surface area contributed by atoms with Gasteiger partial charge in [0.25, 0.3) is 5.91 Å². The van der Waals surface area contributed by atoms with E-state index < -0.39 is 0 Å². The molecule has 2 heterocycles. The minimum absolute atomic E-state index is 0.0281. The molecule has 1 amide bonds. The first-order chi connectivity index (χ1) is 13.2. The zero-order valence-electron chi connectivity index (χ0n) is 16.1. The normalized spacial score (nSPS) is 15.0. The van der Waals surface area contributed by atoms with E-state index in [0.717, 1.165) is 57.3 Å². The van der Waals surface area contributed by atoms with Gasteiger partial charge in [-0.1, -0.05) is 13.0 Å². The Morgan fingerprint density at radius 1 is 1.15 bits per heavy atom. The third-order valence-electron chi connectivity index (χ3n) is 4.90. The molecular weight excluding hydrogens is 344 g/mol. The number of nitrogens with zero attached hydrogens (tertiary/aromatic N) is 4. The van der Waals surface area contributed by atoms with Gasteiger partial charge < -0.3 is 18.9 Å². The fourth-order valence-electron chi connectivity index (χ4n) is 3.26. The summed E-state index contributed by atoms with van der Waals surface area (Å²) in [4.78, 5) is 21.0. The van der Waals surface area contributed by atoms with Gasteiger partial charge in [-0.3, -0.25) is 9.69 Å². The lowest BCUT2D eigenvalue weighted by Crippen LogP contribution is -2.50. The van der Waals surface area contributed by atoms with E-state index in [2.05, 4.69) is 21.4 Å². The lowest BCUT2D eigenvalue weighted by Gasteiger charge is -2.34. The molecular formula is C20H28N4O3. The zero-order valence-corrected chi connectivity index (χ0v) is 16.1. The summed E-state index contributed by atoms with van der Waals surface area (Å²) >= 11 is 0. The highest BCUT2D eigenvalue weighted by molar-refractivity contribution is 5.77. The Morgan fingerprint density at radius 3 is 2.67 bits per heavy atom. The molecule has 0 bridgehead atoms. The number of hydrogen-bond donors (Lipinski definition) is 0. The van der Waals surface area contributed by atoms with Gasteiger partial charge in [-0.2, -0.15) is 0 Å². The minimum Gasteiger partial charge on any atom is -0.497 e. The predicted molar refractivity (Wildman–Crippen MR) is 103 cm³/mol. The monoisotopic (exact) mass is 372 g/mol. The van der Waals surface area contributed by atoms with E-state index >= 15 is 0 Å². The molecule has 1 saturated heterocycles. The summed E-state index contributed by atoms with van der Waals surface area (Å²) in [5, 5.41) is 0. The van der Waals surface area contributed by atoms with Gasteiger partial charge in [-0.15, -0.1) is 0 Å². The molecule has 0 saturated carbocycles. The number of carbonyl (C=O) groups excluding carboxylic acids is 1. The molecule has 0 N–H and O–H groups in total. The minimum atomic E-state index is 0.0281. The van der Waals surface area contributed by atoms with Crippen LogP contribution in [0, 0.1) is 0 Å². The van der Waals surface area contributed by atoms with Gasteiger partial charge >= 0.3 is 0 Å². The van der Waals surface area contributed by atoms with Crippen LogP contribution in [0.5, 0.6) is 11.5 Å². The Labute approximate surface area is 160 Å². The molecule has 7 nitrogen and oxygen atoms in total. The lowest BCUT2D eigenvalue weighted by atomic mass is 10.3. The van der Waals surface area contributed by atoms with Gasteiger partial charge in [-0.05, 0) is 12.1 Å². The predicted octanol–water partition coefficient (Wildman–Crippen LogP) is 1.68. The van der Waals surface area contributed by atoms with Crippen LogP contribution < -0.4 is 9.47 Å². The van der Waals surface area contributed by atoms with Crippen molar-refractivity contribution in [2.75, 3.05) is 46.4 Å². The van der Waals surface area contributed by atoms with E-state index in [1.807, 2.05) is 35.5 Å². The highest BCUT2D eigenvalue weighted by atomic mass is 16.5. The van der Waals surface area contributed by atoms with Gasteiger partial charge in [0.2, 0.25) is 0 Å². The number of hydrogen-bond acceptors (Lipinski definition) is 5. The maximum atomic E-state index is 12.4. The molecule has 1 aromatic carbocycles. The van der Waals surface area contributed by atoms with Crippen molar-refractivity contribution < 1.29 is 14.3 Å². The molecule has 0 atom stereocenters. The molecule has 27 heavy (non-hydrogen) atoms. The maximum absolute atomic E-state index is 12.4. The molecule has 146 valence electrons. The van der Waals surface area contributed by atoms with E-state index in [9.17, 15) is 4.79 Å². The topological polar surface area (TPSA) is 59.8 Å². The van der Waals surface area contributed by atoms with Crippen LogP contribution in [0.15, 0.2) is 36.7 Å². The third-order valence-corrected chi connectivity index (χ3v) is 4.90. The fourth-order valence-corrected chi connectivity index (χ4v) is 3.26. The number of rotatable bonds is 8. The highest BCUT2D eigenvalue weighted by Gasteiger charge is 2.21. The van der Waals surface area contributed by atoms with Crippen molar-refractivity contribution >= 4 is 5.91 Å². The second kappa shape index (κ2) is 9.41. The summed E-state index contributed by atoms with van der Waals surface area (Å²) in [7, 11) is 1.61. The van der Waals surface area contributed by atoms with E-state index in [0.29, 0.717) is 5.75 Å². The average Bonchev–Trinajstić information content (AvgIpc) is 3.18. The van der Waals surface area contributed by atoms with Crippen LogP contribution in [0.2, 0.25) is 0 Å². The molecule has 1 aliphatic rings. The van der Waals surface area contributed by atoms with Crippen LogP contribution in [-0.4, -0.2) is 71.7 Å². The van der Waals surface area contributed by atoms with Crippen molar-refractivity contribution in [2.24, 2.45) is 0 Å². The van der Waals surface area contributed by atoms with Gasteiger partial charge in [0.15, 0.2) is 6.61 Å². The van der Waals surface area contributed by atoms with Gasteiger partial charge in [0.05, 0.1) is 7.11 Å². The lowest BCUT2D eigenvalue weighted by molar-refractivity contribution is -0.135. The Balaban J connectivity index is 1.39. The summed E-state index contributed by atoms with van der Waals surface area (Å²) in [6.45, 7) is 7.36. The molecule has 7 heteroatoms. The van der Waals surface area contributed by atoms with Gasteiger partial charge in [-0.25, -0.2) is 4.98 Å². The van der Waals surface area contributed by atoms with Gasteiger partial charge in [0.1, 0.15) is 17.3 Å². The molecule has 0 aliphatic carbocycles. The number of aromatic nitrogens is 2. The number of benzene rings is 1. The summed E-state index contributed by atoms with van der Waals surface area (Å²) < 4.78 is 13.0. The van der Waals surface area contributed by atoms with Crippen LogP contribution >= 0.6 is 0 Å². The molecule has 0 spiro atoms. The summed E-state index contributed by atoms with van der Waals surface area (Å²) in [6.07, 6.45) is 4.84. The molecule has 1 aliphatic heterocycles. The fraction of sp³-hybridized carbons (Fsp3) is 0.500. The SMILES string of the molecule is CCc1nccn1CCN1CCN(C(=O)COc2cccc(OC)c2)CC1. The summed E-state index contributed by atoms with van der Waals surface area (Å²) in [6, 6.07) is 7.31. The van der Waals surface area contributed by atoms with Crippen LogP contribution in [0.3, 0.4) is 0 Å². The van der Waals surface area contributed by atoms with E-state index in [-0.39, 0.29) is 12.5 Å². The second-order valence-electron chi connectivity index (χ2n) is 6.58. The van der Waals surface area contributed by atoms with Crippen LogP contribution in [0.25, 0.3) is 0 Å². The highest BCUT2D eigenvalue weighted by Crippen LogP contribution is 2.18. The number of piperazine rings is 1. The Kier molecular flexibility index (Phi) is 6.70. The summed E-state index contributed by atoms with van der Waals surface area (Å²) in [5.41, 5.74) is 0. The second-order valence-corrected chi connectivity index (χ2v) is 6.58. The van der Waals surface area contributed by atoms with Crippen molar-refractivity contribution in [3.05, 3.63) is 42.5 Å². The number of imidazole rings is 1. The van der Waals surface area contributed by atoms with E-state index in [4.69, 9.17) is 9.47 Å². The largest absolute Gasteiger partial charge is 0.497 e. The van der Waals surface area contributed by atoms with Crippen molar-refractivity contribution in [1.82, 2.24) is 19.4 Å². The smallest absolute Gasteiger partial charge is 0.260 e. The molecule has 1 fully saturated rings. The van der Waals surface area contributed by atoms with E-state index in [1.54, 1.807) is 13.2 Å². The Morgan fingerprint density at radius 2 is 1.93 bits per heavy atom. The standard InChI is InChI=1S/C20H28N4O3/c1-3-19-21-7-8-23(19)12-9-22-10-13-24(14-11-22)20(25)16-27-18-6-4-5-17(15-18)26-2/h4-8,15H,3,9-14,16H2,1-2H3. The first kappa shape index (κ1) is 19.2. The van der Waals surface area contributed by atoms with Crippen LogP contribution in [0.1, 0.15) is 12.7 Å². The van der Waals surface area contributed by atoms with Crippen molar-refractivity contribution in [3.8, 4) is 11.5 Å². The van der Waals surface area contributed by atoms with Crippen LogP contribution in [-0.2, 0) is 17.8 Å². The molecule has 2 aromatic rings. The molecule has 1 aromatic heterocycles. The van der Waals surface area contributed by atoms with Crippen molar-refractivity contribution in [3.63, 3.8) is 0 Å². The number of aryl methyl sites for hydroxylation is 1. The zero-order chi connectivity index (χ0) is 19.1. The third kappa shape index (κ3) is 5.23. The quantitative estimate of drug-likeness (QED) is 0.706. The number of methoxy groups -OCH3 is 1. The summed E-state index contributed by atoms with van der Waals surface area (Å²) in [5.74, 6) is 2.52. The maximum Gasteiger partial charge on any atom is 0.260 e. The van der Waals surface area contributed by atoms with Crippen molar-refractivity contribution in [2.45, 2.75) is 19.9 Å². The first-order valence-corrected chi connectivity index (χ1v) is 9.46. The van der Waals surface area contributed by atoms with Crippen LogP contribution in [0.4, 0.5) is 0 Å². The molecule has 3 rings (SSSR count). The molecule has 0 radical (unpaired) electrons. The Bertz CT molecular complexity index is 738. The molecule has 0 unspecified atom stereocenters. The van der Waals surface area contributed by atoms with Crippen molar-refractivity contribution in [1.29, 1.82) is 0 Å². The number of carbonyl (C=O) groups is 1. The number of ether oxygens (including phenoxy) is 2. The number of amides is 1.